The normalized spacial score (nSPS) is 11.2. The Balaban J connectivity index is 1.51. The molecule has 1 atom stereocenters. The molecule has 0 heterocycles. The molecule has 3 amide bonds. The molecule has 0 saturated carbocycles. The Bertz CT molecular complexity index is 1250. The molecule has 0 saturated heterocycles. The SMILES string of the molecule is CC(=O)c1ccc(NC(=O)C(C)NNC(=O)c2ccccc2OCC(=O)Nc2ccc(Br)cc2)cc1. The molecule has 10 heteroatoms. The molecule has 0 aliphatic carbocycles. The van der Waals surface area contributed by atoms with E-state index in [1.54, 1.807) is 79.7 Å². The van der Waals surface area contributed by atoms with Gasteiger partial charge in [0, 0.05) is 21.4 Å². The van der Waals surface area contributed by atoms with Crippen LogP contribution in [0, 0.1) is 0 Å². The standard InChI is InChI=1S/C26H25BrN4O5/c1-16(25(34)29-21-11-7-18(8-12-21)17(2)32)30-31-26(35)22-5-3-4-6-23(22)36-15-24(33)28-20-13-9-19(27)10-14-20/h3-14,16,30H,15H2,1-2H3,(H,28,33)(H,29,34)(H,31,35). The number of para-hydroxylation sites is 1. The fourth-order valence-corrected chi connectivity index (χ4v) is 3.26. The molecule has 3 aromatic rings. The predicted molar refractivity (Wildman–Crippen MR) is 140 cm³/mol. The molecule has 0 aliphatic rings. The van der Waals surface area contributed by atoms with Crippen molar-refractivity contribution in [3.05, 3.63) is 88.4 Å². The molecule has 0 fully saturated rings. The van der Waals surface area contributed by atoms with Crippen LogP contribution in [0.3, 0.4) is 0 Å². The lowest BCUT2D eigenvalue weighted by Crippen LogP contribution is -2.48. The molecule has 0 spiro atoms. The van der Waals surface area contributed by atoms with Crippen molar-refractivity contribution in [2.45, 2.75) is 19.9 Å². The smallest absolute Gasteiger partial charge is 0.269 e. The summed E-state index contributed by atoms with van der Waals surface area (Å²) in [5.74, 6) is -1.16. The van der Waals surface area contributed by atoms with Crippen molar-refractivity contribution in [3.63, 3.8) is 0 Å². The van der Waals surface area contributed by atoms with Gasteiger partial charge >= 0.3 is 0 Å². The second-order valence-corrected chi connectivity index (χ2v) is 8.70. The van der Waals surface area contributed by atoms with Crippen LogP contribution >= 0.6 is 15.9 Å². The van der Waals surface area contributed by atoms with E-state index in [4.69, 9.17) is 4.74 Å². The number of hydrogen-bond acceptors (Lipinski definition) is 6. The maximum Gasteiger partial charge on any atom is 0.269 e. The average molecular weight is 553 g/mol. The van der Waals surface area contributed by atoms with Gasteiger partial charge in [-0.05, 0) is 74.5 Å². The van der Waals surface area contributed by atoms with E-state index in [-0.39, 0.29) is 35.5 Å². The second kappa shape index (κ2) is 12.6. The first-order valence-electron chi connectivity index (χ1n) is 11.0. The van der Waals surface area contributed by atoms with Gasteiger partial charge in [0.25, 0.3) is 11.8 Å². The minimum Gasteiger partial charge on any atom is -0.483 e. The summed E-state index contributed by atoms with van der Waals surface area (Å²) < 4.78 is 6.45. The highest BCUT2D eigenvalue weighted by Crippen LogP contribution is 2.18. The number of carbonyl (C=O) groups excluding carboxylic acids is 4. The lowest BCUT2D eigenvalue weighted by Gasteiger charge is -2.16. The van der Waals surface area contributed by atoms with E-state index in [0.717, 1.165) is 4.47 Å². The second-order valence-electron chi connectivity index (χ2n) is 7.78. The lowest BCUT2D eigenvalue weighted by molar-refractivity contribution is -0.118. The topological polar surface area (TPSA) is 126 Å². The summed E-state index contributed by atoms with van der Waals surface area (Å²) in [4.78, 5) is 48.7. The highest BCUT2D eigenvalue weighted by atomic mass is 79.9. The average Bonchev–Trinajstić information content (AvgIpc) is 2.87. The van der Waals surface area contributed by atoms with E-state index in [1.807, 2.05) is 0 Å². The Morgan fingerprint density at radius 1 is 0.861 bits per heavy atom. The van der Waals surface area contributed by atoms with E-state index in [9.17, 15) is 19.2 Å². The first-order valence-corrected chi connectivity index (χ1v) is 11.8. The number of amides is 3. The molecule has 1 unspecified atom stereocenters. The largest absolute Gasteiger partial charge is 0.483 e. The zero-order chi connectivity index (χ0) is 26.1. The molecular formula is C26H25BrN4O5. The minimum atomic E-state index is -0.772. The van der Waals surface area contributed by atoms with E-state index in [1.165, 1.54) is 6.92 Å². The van der Waals surface area contributed by atoms with Crippen LogP contribution in [0.2, 0.25) is 0 Å². The van der Waals surface area contributed by atoms with Crippen LogP contribution in [0.1, 0.15) is 34.6 Å². The third-order valence-electron chi connectivity index (χ3n) is 4.97. The predicted octanol–water partition coefficient (Wildman–Crippen LogP) is 3.93. The highest BCUT2D eigenvalue weighted by molar-refractivity contribution is 9.10. The Hall–Kier alpha value is -4.02. The van der Waals surface area contributed by atoms with Gasteiger partial charge in [-0.1, -0.05) is 28.1 Å². The number of hydrazine groups is 1. The van der Waals surface area contributed by atoms with E-state index in [0.29, 0.717) is 16.9 Å². The van der Waals surface area contributed by atoms with Crippen LogP contribution in [0.4, 0.5) is 11.4 Å². The van der Waals surface area contributed by atoms with Crippen molar-refractivity contribution in [1.29, 1.82) is 0 Å². The van der Waals surface area contributed by atoms with Crippen molar-refractivity contribution >= 4 is 50.8 Å². The fourth-order valence-electron chi connectivity index (χ4n) is 3.00. The molecule has 3 aromatic carbocycles. The Morgan fingerprint density at radius 2 is 1.47 bits per heavy atom. The first kappa shape index (κ1) is 26.6. The van der Waals surface area contributed by atoms with Gasteiger partial charge in [0.15, 0.2) is 12.4 Å². The molecule has 186 valence electrons. The van der Waals surface area contributed by atoms with E-state index in [2.05, 4.69) is 37.4 Å². The van der Waals surface area contributed by atoms with E-state index >= 15 is 0 Å². The number of hydrogen-bond donors (Lipinski definition) is 4. The number of ether oxygens (including phenoxy) is 1. The van der Waals surface area contributed by atoms with Crippen LogP contribution < -0.4 is 26.2 Å². The number of Topliss-reactive ketones (excluding diaryl/α,β-unsaturated/α-hetero) is 1. The molecule has 0 aliphatic heterocycles. The van der Waals surface area contributed by atoms with Crippen molar-refractivity contribution in [3.8, 4) is 5.75 Å². The molecular weight excluding hydrogens is 528 g/mol. The molecule has 36 heavy (non-hydrogen) atoms. The summed E-state index contributed by atoms with van der Waals surface area (Å²) in [7, 11) is 0. The third-order valence-corrected chi connectivity index (χ3v) is 5.50. The van der Waals surface area contributed by atoms with Crippen molar-refractivity contribution in [2.75, 3.05) is 17.2 Å². The van der Waals surface area contributed by atoms with Gasteiger partial charge in [-0.25, -0.2) is 5.43 Å². The number of anilines is 2. The monoisotopic (exact) mass is 552 g/mol. The van der Waals surface area contributed by atoms with Crippen molar-refractivity contribution in [2.24, 2.45) is 0 Å². The van der Waals surface area contributed by atoms with Crippen molar-refractivity contribution < 1.29 is 23.9 Å². The summed E-state index contributed by atoms with van der Waals surface area (Å²) in [6, 6.07) is 19.3. The zero-order valence-electron chi connectivity index (χ0n) is 19.6. The number of nitrogens with one attached hydrogen (secondary N) is 4. The number of ketones is 1. The quantitative estimate of drug-likeness (QED) is 0.223. The van der Waals surface area contributed by atoms with Crippen LogP contribution in [-0.2, 0) is 9.59 Å². The highest BCUT2D eigenvalue weighted by Gasteiger charge is 2.17. The van der Waals surface area contributed by atoms with Gasteiger partial charge < -0.3 is 15.4 Å². The number of rotatable bonds is 10. The van der Waals surface area contributed by atoms with Crippen LogP contribution in [0.25, 0.3) is 0 Å². The van der Waals surface area contributed by atoms with Gasteiger partial charge in [0.1, 0.15) is 11.8 Å². The Kier molecular flexibility index (Phi) is 9.32. The van der Waals surface area contributed by atoms with E-state index < -0.39 is 11.9 Å². The van der Waals surface area contributed by atoms with Gasteiger partial charge in [-0.15, -0.1) is 0 Å². The molecule has 0 aromatic heterocycles. The molecule has 3 rings (SSSR count). The number of carbonyl (C=O) groups is 4. The molecule has 0 radical (unpaired) electrons. The summed E-state index contributed by atoms with van der Waals surface area (Å²) in [5, 5.41) is 5.41. The first-order chi connectivity index (χ1) is 17.2. The van der Waals surface area contributed by atoms with Crippen LogP contribution in [0.5, 0.6) is 5.75 Å². The Morgan fingerprint density at radius 3 is 2.14 bits per heavy atom. The third kappa shape index (κ3) is 7.76. The zero-order valence-corrected chi connectivity index (χ0v) is 21.2. The summed E-state index contributed by atoms with van der Waals surface area (Å²) in [6.07, 6.45) is 0. The summed E-state index contributed by atoms with van der Waals surface area (Å²) >= 11 is 3.33. The van der Waals surface area contributed by atoms with Gasteiger partial charge in [-0.3, -0.25) is 24.6 Å². The minimum absolute atomic E-state index is 0.0693. The number of halogens is 1. The lowest BCUT2D eigenvalue weighted by atomic mass is 10.1. The summed E-state index contributed by atoms with van der Waals surface area (Å²) in [6.45, 7) is 2.74. The molecule has 9 nitrogen and oxygen atoms in total. The fraction of sp³-hybridized carbons (Fsp3) is 0.154. The molecule has 4 N–H and O–H groups in total. The van der Waals surface area contributed by atoms with Gasteiger partial charge in [0.05, 0.1) is 5.56 Å². The number of benzene rings is 3. The van der Waals surface area contributed by atoms with Gasteiger partial charge in [0.2, 0.25) is 5.91 Å². The molecule has 0 bridgehead atoms. The Labute approximate surface area is 216 Å². The van der Waals surface area contributed by atoms with Crippen LogP contribution in [-0.4, -0.2) is 36.2 Å². The van der Waals surface area contributed by atoms with Gasteiger partial charge in [-0.2, -0.15) is 0 Å². The van der Waals surface area contributed by atoms with Crippen molar-refractivity contribution in [1.82, 2.24) is 10.9 Å². The summed E-state index contributed by atoms with van der Waals surface area (Å²) in [5.41, 5.74) is 7.00. The van der Waals surface area contributed by atoms with Crippen LogP contribution in [0.15, 0.2) is 77.3 Å². The maximum absolute atomic E-state index is 12.7. The maximum atomic E-state index is 12.7.